The summed E-state index contributed by atoms with van der Waals surface area (Å²) in [5.41, 5.74) is 0.825. The van der Waals surface area contributed by atoms with Gasteiger partial charge in [-0.1, -0.05) is 30.3 Å². The highest BCUT2D eigenvalue weighted by Gasteiger charge is 2.33. The first-order chi connectivity index (χ1) is 23.8. The number of hydrogen-bond donors (Lipinski definition) is 0. The van der Waals surface area contributed by atoms with Gasteiger partial charge in [0.25, 0.3) is 0 Å². The second-order valence-corrected chi connectivity index (χ2v) is 10.7. The third kappa shape index (κ3) is 11.7. The molecular formula is C36H40O14. The monoisotopic (exact) mass is 696 g/mol. The predicted molar refractivity (Wildman–Crippen MR) is 175 cm³/mol. The molecule has 0 fully saturated rings. The first-order valence-electron chi connectivity index (χ1n) is 15.3. The van der Waals surface area contributed by atoms with E-state index < -0.39 is 54.3 Å². The molecule has 0 saturated carbocycles. The maximum atomic E-state index is 12.3. The Bertz CT molecular complexity index is 1630. The third-order valence-electron chi connectivity index (χ3n) is 6.78. The largest absolute Gasteiger partial charge is 0.493 e. The van der Waals surface area contributed by atoms with Gasteiger partial charge >= 0.3 is 29.8 Å². The highest BCUT2D eigenvalue weighted by molar-refractivity contribution is 5.69. The standard InChI is InChI=1S/C36H40O14/c1-21(37)44-19-33(35(47-24(4)40)26-12-15-28(16-13-26)46-23(3)39)50-31-17-14-27(18-32(31)43-7)36(48-25(5)41)34(20-45-22(2)38)49-30-11-9-8-10-29(30)42-6/h8-18,33-36H,19-20H2,1-7H3. The molecule has 4 atom stereocenters. The molecule has 3 aromatic rings. The van der Waals surface area contributed by atoms with Gasteiger partial charge in [0.15, 0.2) is 47.4 Å². The lowest BCUT2D eigenvalue weighted by Crippen LogP contribution is -2.34. The zero-order chi connectivity index (χ0) is 36.8. The molecule has 0 aliphatic carbocycles. The van der Waals surface area contributed by atoms with E-state index in [1.54, 1.807) is 42.5 Å². The van der Waals surface area contributed by atoms with Crippen molar-refractivity contribution in [3.05, 3.63) is 77.9 Å². The molecule has 268 valence electrons. The highest BCUT2D eigenvalue weighted by atomic mass is 16.6. The molecule has 0 spiro atoms. The molecule has 14 heteroatoms. The first kappa shape index (κ1) is 38.7. The van der Waals surface area contributed by atoms with E-state index in [0.717, 1.165) is 0 Å². The van der Waals surface area contributed by atoms with Crippen molar-refractivity contribution in [3.63, 3.8) is 0 Å². The van der Waals surface area contributed by atoms with Crippen molar-refractivity contribution in [1.82, 2.24) is 0 Å². The number of para-hydroxylation sites is 2. The summed E-state index contributed by atoms with van der Waals surface area (Å²) in [5.74, 6) is -1.72. The van der Waals surface area contributed by atoms with Crippen LogP contribution in [0.4, 0.5) is 0 Å². The third-order valence-corrected chi connectivity index (χ3v) is 6.78. The zero-order valence-corrected chi connectivity index (χ0v) is 28.8. The van der Waals surface area contributed by atoms with Crippen LogP contribution < -0.4 is 23.7 Å². The summed E-state index contributed by atoms with van der Waals surface area (Å²) in [6.45, 7) is 5.52. The average Bonchev–Trinajstić information content (AvgIpc) is 3.06. The van der Waals surface area contributed by atoms with Gasteiger partial charge in [-0.2, -0.15) is 0 Å². The molecule has 3 aromatic carbocycles. The van der Waals surface area contributed by atoms with Crippen LogP contribution in [-0.2, 0) is 42.9 Å². The fraction of sp³-hybridized carbons (Fsp3) is 0.361. The fourth-order valence-electron chi connectivity index (χ4n) is 4.73. The summed E-state index contributed by atoms with van der Waals surface area (Å²) >= 11 is 0. The van der Waals surface area contributed by atoms with Gasteiger partial charge in [-0.3, -0.25) is 24.0 Å². The molecule has 0 saturated heterocycles. The van der Waals surface area contributed by atoms with Crippen LogP contribution in [0.15, 0.2) is 66.7 Å². The van der Waals surface area contributed by atoms with Crippen molar-refractivity contribution in [1.29, 1.82) is 0 Å². The van der Waals surface area contributed by atoms with Crippen LogP contribution in [0.1, 0.15) is 58.0 Å². The van der Waals surface area contributed by atoms with E-state index in [2.05, 4.69) is 0 Å². The van der Waals surface area contributed by atoms with E-state index in [0.29, 0.717) is 22.6 Å². The van der Waals surface area contributed by atoms with Crippen LogP contribution >= 0.6 is 0 Å². The summed E-state index contributed by atoms with van der Waals surface area (Å²) in [5, 5.41) is 0. The van der Waals surface area contributed by atoms with Crippen molar-refractivity contribution in [2.45, 2.75) is 59.0 Å². The van der Waals surface area contributed by atoms with Crippen molar-refractivity contribution >= 4 is 29.8 Å². The van der Waals surface area contributed by atoms with Gasteiger partial charge in [-0.25, -0.2) is 0 Å². The van der Waals surface area contributed by atoms with Gasteiger partial charge < -0.3 is 42.6 Å². The molecule has 0 radical (unpaired) electrons. The lowest BCUT2D eigenvalue weighted by molar-refractivity contribution is -0.159. The van der Waals surface area contributed by atoms with Crippen LogP contribution in [-0.4, -0.2) is 69.5 Å². The van der Waals surface area contributed by atoms with Crippen LogP contribution in [0.5, 0.6) is 28.7 Å². The van der Waals surface area contributed by atoms with E-state index in [9.17, 15) is 24.0 Å². The Labute approximate surface area is 289 Å². The molecular weight excluding hydrogens is 656 g/mol. The van der Waals surface area contributed by atoms with E-state index in [1.165, 1.54) is 73.1 Å². The van der Waals surface area contributed by atoms with Crippen LogP contribution in [0.25, 0.3) is 0 Å². The van der Waals surface area contributed by atoms with Crippen LogP contribution in [0.2, 0.25) is 0 Å². The minimum absolute atomic E-state index is 0.144. The Morgan fingerprint density at radius 1 is 0.520 bits per heavy atom. The van der Waals surface area contributed by atoms with Gasteiger partial charge in [0.1, 0.15) is 19.0 Å². The molecule has 3 rings (SSSR count). The fourth-order valence-corrected chi connectivity index (χ4v) is 4.73. The number of carbonyl (C=O) groups excluding carboxylic acids is 5. The second-order valence-electron chi connectivity index (χ2n) is 10.7. The van der Waals surface area contributed by atoms with Gasteiger partial charge in [-0.05, 0) is 42.0 Å². The minimum atomic E-state index is -1.12. The molecule has 50 heavy (non-hydrogen) atoms. The van der Waals surface area contributed by atoms with Crippen LogP contribution in [0, 0.1) is 0 Å². The maximum Gasteiger partial charge on any atom is 0.308 e. The van der Waals surface area contributed by atoms with Crippen LogP contribution in [0.3, 0.4) is 0 Å². The lowest BCUT2D eigenvalue weighted by Gasteiger charge is -2.30. The van der Waals surface area contributed by atoms with Crippen molar-refractivity contribution in [2.75, 3.05) is 27.4 Å². The number of ether oxygens (including phenoxy) is 9. The number of esters is 5. The number of carbonyl (C=O) groups is 5. The quantitative estimate of drug-likeness (QED) is 0.107. The van der Waals surface area contributed by atoms with Crippen molar-refractivity contribution in [2.24, 2.45) is 0 Å². The Hall–Kier alpha value is -5.79. The molecule has 0 heterocycles. The smallest absolute Gasteiger partial charge is 0.308 e. The normalized spacial score (nSPS) is 12.9. The molecule has 0 bridgehead atoms. The Morgan fingerprint density at radius 2 is 0.980 bits per heavy atom. The summed E-state index contributed by atoms with van der Waals surface area (Å²) in [4.78, 5) is 59.6. The van der Waals surface area contributed by atoms with Crippen molar-refractivity contribution in [3.8, 4) is 28.7 Å². The average molecular weight is 697 g/mol. The molecule has 0 aliphatic rings. The van der Waals surface area contributed by atoms with E-state index in [4.69, 9.17) is 42.6 Å². The number of benzene rings is 3. The number of hydrogen-bond acceptors (Lipinski definition) is 14. The molecule has 0 amide bonds. The summed E-state index contributed by atoms with van der Waals surface area (Å²) in [6.07, 6.45) is -4.37. The van der Waals surface area contributed by atoms with Gasteiger partial charge in [0.05, 0.1) is 14.2 Å². The molecule has 4 unspecified atom stereocenters. The predicted octanol–water partition coefficient (Wildman–Crippen LogP) is 4.86. The summed E-state index contributed by atoms with van der Waals surface area (Å²) < 4.78 is 50.5. The molecule has 0 aliphatic heterocycles. The highest BCUT2D eigenvalue weighted by Crippen LogP contribution is 2.38. The Morgan fingerprint density at radius 3 is 1.44 bits per heavy atom. The molecule has 14 nitrogen and oxygen atoms in total. The number of rotatable bonds is 17. The van der Waals surface area contributed by atoms with E-state index in [1.807, 2.05) is 0 Å². The van der Waals surface area contributed by atoms with Gasteiger partial charge in [-0.15, -0.1) is 0 Å². The van der Waals surface area contributed by atoms with E-state index in [-0.39, 0.29) is 30.5 Å². The van der Waals surface area contributed by atoms with E-state index >= 15 is 0 Å². The Kier molecular flexibility index (Phi) is 14.4. The number of methoxy groups -OCH3 is 2. The minimum Gasteiger partial charge on any atom is -0.493 e. The molecule has 0 N–H and O–H groups in total. The van der Waals surface area contributed by atoms with Gasteiger partial charge in [0, 0.05) is 40.2 Å². The van der Waals surface area contributed by atoms with Gasteiger partial charge in [0.2, 0.25) is 0 Å². The lowest BCUT2D eigenvalue weighted by atomic mass is 10.0. The summed E-state index contributed by atoms with van der Waals surface area (Å²) in [6, 6.07) is 17.6. The topological polar surface area (TPSA) is 168 Å². The maximum absolute atomic E-state index is 12.3. The Balaban J connectivity index is 2.05. The summed E-state index contributed by atoms with van der Waals surface area (Å²) in [7, 11) is 2.85. The first-order valence-corrected chi connectivity index (χ1v) is 15.3. The zero-order valence-electron chi connectivity index (χ0n) is 28.8. The molecule has 0 aromatic heterocycles. The van der Waals surface area contributed by atoms with Crippen molar-refractivity contribution < 1.29 is 66.6 Å². The second kappa shape index (κ2) is 18.7. The SMILES string of the molecule is COc1ccccc1OC(COC(C)=O)C(OC(C)=O)c1ccc(OC(COC(C)=O)C(OC(C)=O)c2ccc(OC(C)=O)cc2)c(OC)c1.